The van der Waals surface area contributed by atoms with Gasteiger partial charge in [-0.3, -0.25) is 0 Å². The monoisotopic (exact) mass is 423 g/mol. The summed E-state index contributed by atoms with van der Waals surface area (Å²) in [4.78, 5) is 12.6. The minimum absolute atomic E-state index is 0.150. The van der Waals surface area contributed by atoms with E-state index in [4.69, 9.17) is 34.7 Å². The van der Waals surface area contributed by atoms with Gasteiger partial charge in [0.2, 0.25) is 5.95 Å². The predicted octanol–water partition coefficient (Wildman–Crippen LogP) is 3.48. The van der Waals surface area contributed by atoms with Crippen molar-refractivity contribution in [2.24, 2.45) is 5.73 Å². The number of nitrogens with two attached hydrogens (primary N) is 2. The van der Waals surface area contributed by atoms with Crippen LogP contribution < -0.4 is 16.4 Å². The highest BCUT2D eigenvalue weighted by atomic mass is 35.5. The van der Waals surface area contributed by atoms with Gasteiger partial charge in [-0.1, -0.05) is 41.0 Å². The SMILES string of the molecule is CC1(N)CCN(c2nc(N)c(Sc3cccc(Cl)c3Cl)c3ncnn23)CC1. The van der Waals surface area contributed by atoms with Crippen molar-refractivity contribution in [1.29, 1.82) is 0 Å². The third-order valence-electron chi connectivity index (χ3n) is 4.71. The van der Waals surface area contributed by atoms with Gasteiger partial charge in [0.1, 0.15) is 12.1 Å². The molecule has 0 radical (unpaired) electrons. The Bertz CT molecular complexity index is 994. The molecular formula is C17H19Cl2N7S. The lowest BCUT2D eigenvalue weighted by Gasteiger charge is -2.37. The van der Waals surface area contributed by atoms with Crippen LogP contribution in [-0.4, -0.2) is 38.2 Å². The summed E-state index contributed by atoms with van der Waals surface area (Å²) >= 11 is 13.8. The molecule has 0 saturated carbocycles. The summed E-state index contributed by atoms with van der Waals surface area (Å²) in [5, 5.41) is 5.32. The van der Waals surface area contributed by atoms with Gasteiger partial charge in [0, 0.05) is 23.5 Å². The van der Waals surface area contributed by atoms with Crippen LogP contribution in [0.25, 0.3) is 5.65 Å². The number of fused-ring (bicyclic) bond motifs is 1. The van der Waals surface area contributed by atoms with Crippen LogP contribution in [0.15, 0.2) is 34.3 Å². The molecule has 0 amide bonds. The lowest BCUT2D eigenvalue weighted by Crippen LogP contribution is -2.49. The van der Waals surface area contributed by atoms with Crippen LogP contribution in [-0.2, 0) is 0 Å². The molecule has 4 rings (SSSR count). The first-order chi connectivity index (χ1) is 12.9. The van der Waals surface area contributed by atoms with Crippen LogP contribution >= 0.6 is 35.0 Å². The van der Waals surface area contributed by atoms with Crippen LogP contribution in [0.5, 0.6) is 0 Å². The summed E-state index contributed by atoms with van der Waals surface area (Å²) in [6.45, 7) is 3.66. The molecule has 3 heterocycles. The van der Waals surface area contributed by atoms with Crippen molar-refractivity contribution < 1.29 is 0 Å². The zero-order valence-electron chi connectivity index (χ0n) is 14.7. The number of nitrogen functional groups attached to an aromatic ring is 1. The van der Waals surface area contributed by atoms with E-state index in [1.54, 1.807) is 10.6 Å². The van der Waals surface area contributed by atoms with Crippen LogP contribution in [0.3, 0.4) is 0 Å². The van der Waals surface area contributed by atoms with Crippen LogP contribution in [0.1, 0.15) is 19.8 Å². The van der Waals surface area contributed by atoms with Crippen molar-refractivity contribution in [2.45, 2.75) is 35.1 Å². The fourth-order valence-electron chi connectivity index (χ4n) is 3.06. The molecule has 4 N–H and O–H groups in total. The molecule has 3 aromatic rings. The molecule has 10 heteroatoms. The second kappa shape index (κ2) is 7.01. The van der Waals surface area contributed by atoms with Gasteiger partial charge in [0.05, 0.1) is 14.9 Å². The summed E-state index contributed by atoms with van der Waals surface area (Å²) in [6, 6.07) is 5.46. The number of hydrogen-bond acceptors (Lipinski definition) is 7. The molecule has 1 aliphatic rings. The quantitative estimate of drug-likeness (QED) is 0.664. The predicted molar refractivity (Wildman–Crippen MR) is 110 cm³/mol. The molecule has 142 valence electrons. The Morgan fingerprint density at radius 2 is 1.96 bits per heavy atom. The third-order valence-corrected chi connectivity index (χ3v) is 6.80. The molecule has 0 bridgehead atoms. The molecule has 0 atom stereocenters. The van der Waals surface area contributed by atoms with Gasteiger partial charge in [-0.2, -0.15) is 14.6 Å². The van der Waals surface area contributed by atoms with Gasteiger partial charge >= 0.3 is 0 Å². The molecule has 27 heavy (non-hydrogen) atoms. The molecule has 0 unspecified atom stereocenters. The van der Waals surface area contributed by atoms with E-state index < -0.39 is 0 Å². The fourth-order valence-corrected chi connectivity index (χ4v) is 4.48. The minimum atomic E-state index is -0.150. The maximum Gasteiger partial charge on any atom is 0.230 e. The molecule has 1 fully saturated rings. The number of benzene rings is 1. The summed E-state index contributed by atoms with van der Waals surface area (Å²) in [5.41, 5.74) is 13.0. The van der Waals surface area contributed by atoms with E-state index >= 15 is 0 Å². The van der Waals surface area contributed by atoms with E-state index in [1.165, 1.54) is 18.1 Å². The standard InChI is InChI=1S/C17H19Cl2N7S/c1-17(21)5-7-25(8-6-17)16-24-14(20)13(15-22-9-23-26(15)16)27-11-4-2-3-10(18)12(11)19/h2-4,9H,5-8,20-21H2,1H3. The topological polar surface area (TPSA) is 98.4 Å². The minimum Gasteiger partial charge on any atom is -0.383 e. The van der Waals surface area contributed by atoms with E-state index in [9.17, 15) is 0 Å². The molecule has 0 aliphatic carbocycles. The summed E-state index contributed by atoms with van der Waals surface area (Å²) < 4.78 is 1.72. The molecule has 1 aliphatic heterocycles. The maximum absolute atomic E-state index is 6.32. The second-order valence-corrected chi connectivity index (χ2v) is 8.75. The van der Waals surface area contributed by atoms with E-state index in [1.807, 2.05) is 12.1 Å². The Morgan fingerprint density at radius 1 is 1.22 bits per heavy atom. The highest BCUT2D eigenvalue weighted by Gasteiger charge is 2.29. The Labute approximate surface area is 171 Å². The van der Waals surface area contributed by atoms with Crippen LogP contribution in [0.4, 0.5) is 11.8 Å². The van der Waals surface area contributed by atoms with Gasteiger partial charge in [0.25, 0.3) is 0 Å². The molecule has 1 aromatic carbocycles. The normalized spacial score (nSPS) is 16.8. The Morgan fingerprint density at radius 3 is 2.70 bits per heavy atom. The van der Waals surface area contributed by atoms with Crippen LogP contribution in [0, 0.1) is 0 Å². The first-order valence-corrected chi connectivity index (χ1v) is 10.1. The zero-order valence-corrected chi connectivity index (χ0v) is 17.0. The largest absolute Gasteiger partial charge is 0.383 e. The number of nitrogens with zero attached hydrogens (tertiary/aromatic N) is 5. The van der Waals surface area contributed by atoms with Crippen LogP contribution in [0.2, 0.25) is 10.0 Å². The molecule has 7 nitrogen and oxygen atoms in total. The van der Waals surface area contributed by atoms with Crippen molar-refractivity contribution in [3.05, 3.63) is 34.6 Å². The van der Waals surface area contributed by atoms with Crippen molar-refractivity contribution in [3.8, 4) is 0 Å². The zero-order chi connectivity index (χ0) is 19.2. The van der Waals surface area contributed by atoms with Gasteiger partial charge in [0.15, 0.2) is 5.65 Å². The van der Waals surface area contributed by atoms with E-state index in [2.05, 4.69) is 26.9 Å². The van der Waals surface area contributed by atoms with E-state index in [0.717, 1.165) is 30.8 Å². The number of anilines is 2. The van der Waals surface area contributed by atoms with E-state index in [0.29, 0.717) is 32.4 Å². The number of aromatic nitrogens is 4. The summed E-state index contributed by atoms with van der Waals surface area (Å²) in [7, 11) is 0. The first-order valence-electron chi connectivity index (χ1n) is 8.51. The van der Waals surface area contributed by atoms with Crippen molar-refractivity contribution >= 4 is 52.4 Å². The second-order valence-electron chi connectivity index (χ2n) is 6.92. The molecule has 2 aromatic heterocycles. The lowest BCUT2D eigenvalue weighted by molar-refractivity contribution is 0.361. The third kappa shape index (κ3) is 3.54. The van der Waals surface area contributed by atoms with Crippen molar-refractivity contribution in [2.75, 3.05) is 23.7 Å². The first kappa shape index (κ1) is 18.6. The van der Waals surface area contributed by atoms with E-state index in [-0.39, 0.29) is 5.54 Å². The Hall–Kier alpha value is -1.74. The molecule has 0 spiro atoms. The smallest absolute Gasteiger partial charge is 0.230 e. The fraction of sp³-hybridized carbons (Fsp3) is 0.353. The molecule has 1 saturated heterocycles. The number of hydrogen-bond donors (Lipinski definition) is 2. The summed E-state index contributed by atoms with van der Waals surface area (Å²) in [5.74, 6) is 1.06. The van der Waals surface area contributed by atoms with Crippen molar-refractivity contribution in [3.63, 3.8) is 0 Å². The highest BCUT2D eigenvalue weighted by molar-refractivity contribution is 7.99. The maximum atomic E-state index is 6.32. The Balaban J connectivity index is 1.73. The lowest BCUT2D eigenvalue weighted by atomic mass is 9.91. The number of rotatable bonds is 3. The molecular weight excluding hydrogens is 405 g/mol. The van der Waals surface area contributed by atoms with Gasteiger partial charge in [-0.15, -0.1) is 0 Å². The van der Waals surface area contributed by atoms with Gasteiger partial charge < -0.3 is 16.4 Å². The Kier molecular flexibility index (Phi) is 4.84. The summed E-state index contributed by atoms with van der Waals surface area (Å²) in [6.07, 6.45) is 3.25. The van der Waals surface area contributed by atoms with Gasteiger partial charge in [-0.05, 0) is 31.9 Å². The number of piperidine rings is 1. The average Bonchev–Trinajstić information content (AvgIpc) is 3.10. The highest BCUT2D eigenvalue weighted by Crippen LogP contribution is 2.41. The average molecular weight is 424 g/mol. The van der Waals surface area contributed by atoms with Crippen molar-refractivity contribution in [1.82, 2.24) is 19.6 Å². The number of halogens is 2. The van der Waals surface area contributed by atoms with Gasteiger partial charge in [-0.25, -0.2) is 4.98 Å².